The molecule has 0 aromatic heterocycles. The van der Waals surface area contributed by atoms with Crippen LogP contribution in [-0.2, 0) is 19.7 Å². The third-order valence-corrected chi connectivity index (χ3v) is 14.3. The monoisotopic (exact) mass is 653 g/mol. The molecule has 0 N–H and O–H groups in total. The molecule has 16 heteroatoms. The lowest BCUT2D eigenvalue weighted by molar-refractivity contribution is -0.418. The van der Waals surface area contributed by atoms with Crippen LogP contribution in [0.5, 0.6) is 0 Å². The van der Waals surface area contributed by atoms with Gasteiger partial charge >= 0.3 is 18.5 Å². The molecule has 4 aliphatic carbocycles. The number of halogens is 10. The highest BCUT2D eigenvalue weighted by Crippen LogP contribution is 2.65. The van der Waals surface area contributed by atoms with Crippen molar-refractivity contribution in [3.8, 4) is 0 Å². The average Bonchev–Trinajstić information content (AvgIpc) is 2.78. The first-order chi connectivity index (χ1) is 19.0. The molecule has 6 rings (SSSR count). The SMILES string of the molecule is O=S(=O)(CC(C(F)(F)F)(C(F)(F)F)C(F)(F)F)[C-](c1ccc2ccccc2c1)S(=O)(=O)C12CC3CC(CC(F)(C3)C1)C2. The first kappa shape index (κ1) is 31.2. The Balaban J connectivity index is 1.75. The summed E-state index contributed by atoms with van der Waals surface area (Å²) in [6, 6.07) is 8.56. The van der Waals surface area contributed by atoms with Crippen molar-refractivity contribution in [2.24, 2.45) is 17.3 Å². The van der Waals surface area contributed by atoms with Crippen molar-refractivity contribution in [2.75, 3.05) is 5.75 Å². The van der Waals surface area contributed by atoms with Crippen LogP contribution in [0.2, 0.25) is 0 Å². The van der Waals surface area contributed by atoms with Crippen molar-refractivity contribution in [1.82, 2.24) is 0 Å². The largest absolute Gasteiger partial charge is 0.413 e. The Bertz CT molecular complexity index is 1560. The quantitative estimate of drug-likeness (QED) is 0.244. The van der Waals surface area contributed by atoms with Gasteiger partial charge in [0, 0.05) is 6.42 Å². The lowest BCUT2D eigenvalue weighted by atomic mass is 9.54. The maximum Gasteiger partial charge on any atom is 0.413 e. The highest BCUT2D eigenvalue weighted by molar-refractivity contribution is 8.13. The molecule has 2 unspecified atom stereocenters. The summed E-state index contributed by atoms with van der Waals surface area (Å²) in [4.78, 5) is 0. The van der Waals surface area contributed by atoms with Crippen molar-refractivity contribution in [3.63, 3.8) is 0 Å². The Morgan fingerprint density at radius 1 is 0.738 bits per heavy atom. The van der Waals surface area contributed by atoms with Crippen molar-refractivity contribution < 1.29 is 60.7 Å². The average molecular weight is 654 g/mol. The van der Waals surface area contributed by atoms with E-state index >= 15 is 4.39 Å². The van der Waals surface area contributed by atoms with Crippen LogP contribution in [0.1, 0.15) is 44.1 Å². The van der Waals surface area contributed by atoms with E-state index in [0.29, 0.717) is 11.8 Å². The van der Waals surface area contributed by atoms with Crippen LogP contribution in [0, 0.1) is 21.8 Å². The summed E-state index contributed by atoms with van der Waals surface area (Å²) in [5.41, 5.74) is -9.80. The number of fused-ring (bicyclic) bond motifs is 1. The van der Waals surface area contributed by atoms with E-state index in [1.54, 1.807) is 0 Å². The molecule has 4 fully saturated rings. The Labute approximate surface area is 234 Å². The first-order valence-electron chi connectivity index (χ1n) is 12.7. The van der Waals surface area contributed by atoms with E-state index in [0.717, 1.165) is 18.2 Å². The zero-order valence-electron chi connectivity index (χ0n) is 21.4. The van der Waals surface area contributed by atoms with Gasteiger partial charge in [0.05, 0.1) is 15.1 Å². The number of hydrogen-bond donors (Lipinski definition) is 0. The van der Waals surface area contributed by atoms with Gasteiger partial charge in [-0.1, -0.05) is 29.7 Å². The minimum atomic E-state index is -7.24. The molecule has 0 aliphatic heterocycles. The fourth-order valence-electron chi connectivity index (χ4n) is 7.48. The number of sulfone groups is 2. The van der Waals surface area contributed by atoms with Gasteiger partial charge in [0.15, 0.2) is 0 Å². The first-order valence-corrected chi connectivity index (χ1v) is 15.8. The van der Waals surface area contributed by atoms with Crippen LogP contribution in [0.3, 0.4) is 0 Å². The molecule has 0 spiro atoms. The molecule has 0 amide bonds. The van der Waals surface area contributed by atoms with Crippen molar-refractivity contribution >= 4 is 30.4 Å². The predicted octanol–water partition coefficient (Wildman–Crippen LogP) is 7.24. The van der Waals surface area contributed by atoms with Gasteiger partial charge in [-0.15, -0.1) is 6.07 Å². The van der Waals surface area contributed by atoms with Gasteiger partial charge in [-0.25, -0.2) is 21.2 Å². The van der Waals surface area contributed by atoms with Crippen molar-refractivity contribution in [1.29, 1.82) is 0 Å². The molecule has 0 radical (unpaired) electrons. The molecule has 0 heterocycles. The number of hydrogen-bond acceptors (Lipinski definition) is 4. The summed E-state index contributed by atoms with van der Waals surface area (Å²) < 4.78 is 192. The minimum absolute atomic E-state index is 0.0574. The van der Waals surface area contributed by atoms with E-state index in [9.17, 15) is 56.3 Å². The normalized spacial score (nSPS) is 28.8. The molecule has 2 aromatic rings. The molecular formula is C26H23F10O4S2-. The lowest BCUT2D eigenvalue weighted by Crippen LogP contribution is -2.64. The van der Waals surface area contributed by atoms with E-state index in [1.807, 2.05) is 0 Å². The molecule has 4 bridgehead atoms. The summed E-state index contributed by atoms with van der Waals surface area (Å²) >= 11 is 0. The van der Waals surface area contributed by atoms with Crippen LogP contribution in [0.4, 0.5) is 43.9 Å². The van der Waals surface area contributed by atoms with E-state index in [4.69, 9.17) is 0 Å². The number of alkyl halides is 10. The molecule has 4 saturated carbocycles. The molecule has 4 aliphatic rings. The zero-order chi connectivity index (χ0) is 31.4. The van der Waals surface area contributed by atoms with Crippen molar-refractivity contribution in [2.45, 2.75) is 67.5 Å². The van der Waals surface area contributed by atoms with Crippen molar-refractivity contribution in [3.05, 3.63) is 52.6 Å². The fraction of sp³-hybridized carbons (Fsp3) is 0.577. The van der Waals surface area contributed by atoms with Gasteiger partial charge in [-0.3, -0.25) is 0 Å². The maximum absolute atomic E-state index is 15.7. The smallest absolute Gasteiger partial charge is 0.244 e. The van der Waals surface area contributed by atoms with Crippen LogP contribution >= 0.6 is 0 Å². The molecule has 0 saturated heterocycles. The summed E-state index contributed by atoms with van der Waals surface area (Å²) in [5.74, 6) is -4.82. The van der Waals surface area contributed by atoms with Crippen LogP contribution in [0.15, 0.2) is 42.5 Å². The number of rotatable bonds is 6. The van der Waals surface area contributed by atoms with E-state index in [-0.39, 0.29) is 31.1 Å². The number of benzene rings is 2. The summed E-state index contributed by atoms with van der Waals surface area (Å²) in [5, 5.41) is 0.474. The topological polar surface area (TPSA) is 68.3 Å². The Morgan fingerprint density at radius 3 is 1.71 bits per heavy atom. The molecule has 42 heavy (non-hydrogen) atoms. The second kappa shape index (κ2) is 9.14. The van der Waals surface area contributed by atoms with Gasteiger partial charge in [0.25, 0.3) is 5.41 Å². The van der Waals surface area contributed by atoms with Gasteiger partial charge in [-0.2, -0.15) is 57.2 Å². The van der Waals surface area contributed by atoms with Gasteiger partial charge in [0.1, 0.15) is 25.3 Å². The Morgan fingerprint density at radius 2 is 1.24 bits per heavy atom. The van der Waals surface area contributed by atoms with E-state index in [2.05, 4.69) is 0 Å². The second-order valence-electron chi connectivity index (χ2n) is 11.8. The molecular weight excluding hydrogens is 630 g/mol. The molecule has 4 nitrogen and oxygen atoms in total. The Kier molecular flexibility index (Phi) is 6.79. The van der Waals surface area contributed by atoms with Gasteiger partial charge in [-0.05, 0) is 49.3 Å². The molecule has 234 valence electrons. The summed E-state index contributed by atoms with van der Waals surface area (Å²) in [6.07, 6.45) is -22.9. The van der Waals surface area contributed by atoms with Crippen LogP contribution in [0.25, 0.3) is 10.8 Å². The van der Waals surface area contributed by atoms with Crippen LogP contribution < -0.4 is 0 Å². The highest BCUT2D eigenvalue weighted by atomic mass is 32.3. The zero-order valence-corrected chi connectivity index (χ0v) is 23.0. The van der Waals surface area contributed by atoms with E-state index in [1.165, 1.54) is 24.3 Å². The Hall–Kier alpha value is -2.23. The molecule has 2 atom stereocenters. The third kappa shape index (κ3) is 4.56. The lowest BCUT2D eigenvalue weighted by Gasteiger charge is -2.59. The standard InChI is InChI=1S/C26H23F10O4S2/c27-21-9-15-7-16(10-21)12-22(11-15,13-21)42(39,40)20(19-6-5-17-3-1-2-4-18(17)8-19)41(37,38)14-23(24(28,29)30,25(31,32)33)26(34,35)36/h1-6,8,15-16H,7,9-14H2/q-1. The van der Waals surface area contributed by atoms with Crippen LogP contribution in [-0.4, -0.2) is 51.5 Å². The van der Waals surface area contributed by atoms with Gasteiger partial charge in [0.2, 0.25) is 0 Å². The van der Waals surface area contributed by atoms with Gasteiger partial charge < -0.3 is 0 Å². The fourth-order valence-corrected chi connectivity index (χ4v) is 13.4. The summed E-state index contributed by atoms with van der Waals surface area (Å²) in [6.45, 7) is 0. The molecule has 2 aromatic carbocycles. The minimum Gasteiger partial charge on any atom is -0.244 e. The predicted molar refractivity (Wildman–Crippen MR) is 131 cm³/mol. The van der Waals surface area contributed by atoms with E-state index < -0.39 is 88.2 Å². The second-order valence-corrected chi connectivity index (χ2v) is 16.3. The maximum atomic E-state index is 15.7. The third-order valence-electron chi connectivity index (χ3n) is 8.88. The highest BCUT2D eigenvalue weighted by Gasteiger charge is 2.84. The summed E-state index contributed by atoms with van der Waals surface area (Å²) in [7, 11) is -12.1.